The monoisotopic (exact) mass is 447 g/mol. The Bertz CT molecular complexity index is 1160. The Morgan fingerprint density at radius 3 is 2.64 bits per heavy atom. The average Bonchev–Trinajstić information content (AvgIpc) is 3.41. The van der Waals surface area contributed by atoms with Crippen LogP contribution in [0.25, 0.3) is 11.2 Å². The quantitative estimate of drug-likeness (QED) is 0.497. The first kappa shape index (κ1) is 21.7. The SMILES string of the molecule is C=C(C)c1nn(C2CCC(CC)CC2)cc1NC(=O)c1cnn2ccc(NCC3CC3)nc12. The smallest absolute Gasteiger partial charge is 0.261 e. The maximum Gasteiger partial charge on any atom is 0.261 e. The highest BCUT2D eigenvalue weighted by molar-refractivity contribution is 6.09. The number of fused-ring (bicyclic) bond motifs is 1. The van der Waals surface area contributed by atoms with E-state index in [0.29, 0.717) is 22.9 Å². The van der Waals surface area contributed by atoms with Gasteiger partial charge in [-0.3, -0.25) is 9.48 Å². The van der Waals surface area contributed by atoms with Gasteiger partial charge >= 0.3 is 0 Å². The van der Waals surface area contributed by atoms with Gasteiger partial charge in [-0.25, -0.2) is 9.50 Å². The number of rotatable bonds is 8. The molecule has 0 unspecified atom stereocenters. The van der Waals surface area contributed by atoms with E-state index in [0.717, 1.165) is 48.3 Å². The van der Waals surface area contributed by atoms with E-state index in [1.807, 2.05) is 30.1 Å². The zero-order valence-corrected chi connectivity index (χ0v) is 19.5. The van der Waals surface area contributed by atoms with Crippen LogP contribution in [0.2, 0.25) is 0 Å². The summed E-state index contributed by atoms with van der Waals surface area (Å²) in [4.78, 5) is 17.9. The molecule has 2 N–H and O–H groups in total. The van der Waals surface area contributed by atoms with Crippen LogP contribution in [0.5, 0.6) is 0 Å². The standard InChI is InChI=1S/C25H33N7O/c1-4-17-7-9-19(10-8-17)32-15-21(23(30-32)16(2)3)28-25(33)20-14-27-31-12-11-22(29-24(20)31)26-13-18-5-6-18/h11-12,14-15,17-19H,2,4-10,13H2,1,3H3,(H,26,29)(H,28,33). The predicted octanol–water partition coefficient (Wildman–Crippen LogP) is 5.17. The molecule has 2 aliphatic carbocycles. The lowest BCUT2D eigenvalue weighted by Gasteiger charge is -2.27. The van der Waals surface area contributed by atoms with E-state index >= 15 is 0 Å². The molecule has 0 atom stereocenters. The van der Waals surface area contributed by atoms with Crippen molar-refractivity contribution in [3.63, 3.8) is 0 Å². The number of allylic oxidation sites excluding steroid dienone is 1. The summed E-state index contributed by atoms with van der Waals surface area (Å²) in [6, 6.07) is 2.26. The molecule has 0 saturated heterocycles. The molecule has 8 nitrogen and oxygen atoms in total. The molecule has 2 aliphatic rings. The van der Waals surface area contributed by atoms with Gasteiger partial charge in [-0.1, -0.05) is 19.9 Å². The van der Waals surface area contributed by atoms with Gasteiger partial charge in [0.1, 0.15) is 17.1 Å². The maximum absolute atomic E-state index is 13.2. The molecule has 2 fully saturated rings. The van der Waals surface area contributed by atoms with Gasteiger partial charge < -0.3 is 10.6 Å². The Morgan fingerprint density at radius 1 is 1.18 bits per heavy atom. The number of amides is 1. The maximum atomic E-state index is 13.2. The lowest BCUT2D eigenvalue weighted by molar-refractivity contribution is 0.102. The Balaban J connectivity index is 1.35. The number of carbonyl (C=O) groups excluding carboxylic acids is 1. The lowest BCUT2D eigenvalue weighted by Crippen LogP contribution is -2.18. The number of anilines is 2. The van der Waals surface area contributed by atoms with Crippen LogP contribution in [0, 0.1) is 11.8 Å². The molecule has 3 aromatic heterocycles. The number of nitrogens with zero attached hydrogens (tertiary/aromatic N) is 5. The Labute approximate surface area is 194 Å². The van der Waals surface area contributed by atoms with Crippen LogP contribution in [0.15, 0.2) is 31.2 Å². The number of carbonyl (C=O) groups is 1. The van der Waals surface area contributed by atoms with E-state index in [2.05, 4.69) is 34.2 Å². The second-order valence-corrected chi connectivity index (χ2v) is 9.65. The summed E-state index contributed by atoms with van der Waals surface area (Å²) in [6.07, 6.45) is 13.9. The third kappa shape index (κ3) is 4.65. The van der Waals surface area contributed by atoms with Crippen LogP contribution in [0.4, 0.5) is 11.5 Å². The highest BCUT2D eigenvalue weighted by atomic mass is 16.1. The highest BCUT2D eigenvalue weighted by Crippen LogP contribution is 2.35. The van der Waals surface area contributed by atoms with Crippen LogP contribution in [0.1, 0.15) is 80.9 Å². The molecule has 3 aromatic rings. The summed E-state index contributed by atoms with van der Waals surface area (Å²) in [6.45, 7) is 9.19. The van der Waals surface area contributed by atoms with Crippen LogP contribution < -0.4 is 10.6 Å². The predicted molar refractivity (Wildman–Crippen MR) is 130 cm³/mol. The summed E-state index contributed by atoms with van der Waals surface area (Å²) in [5, 5.41) is 15.5. The van der Waals surface area contributed by atoms with E-state index in [1.165, 1.54) is 32.1 Å². The van der Waals surface area contributed by atoms with Gasteiger partial charge in [-0.05, 0) is 68.9 Å². The van der Waals surface area contributed by atoms with Gasteiger partial charge in [-0.15, -0.1) is 0 Å². The topological polar surface area (TPSA) is 89.1 Å². The molecular formula is C25H33N7O. The molecule has 3 heterocycles. The van der Waals surface area contributed by atoms with Crippen molar-refractivity contribution in [3.8, 4) is 0 Å². The second-order valence-electron chi connectivity index (χ2n) is 9.65. The minimum Gasteiger partial charge on any atom is -0.370 e. The number of aromatic nitrogens is 5. The molecule has 0 aromatic carbocycles. The first-order valence-electron chi connectivity index (χ1n) is 12.2. The molecule has 33 heavy (non-hydrogen) atoms. The molecule has 0 bridgehead atoms. The van der Waals surface area contributed by atoms with Gasteiger partial charge in [-0.2, -0.15) is 10.2 Å². The molecule has 0 spiro atoms. The van der Waals surface area contributed by atoms with Crippen LogP contribution >= 0.6 is 0 Å². The molecule has 174 valence electrons. The fourth-order valence-corrected chi connectivity index (χ4v) is 4.69. The van der Waals surface area contributed by atoms with Gasteiger partial charge in [0.05, 0.1) is 17.9 Å². The Morgan fingerprint density at radius 2 is 1.94 bits per heavy atom. The molecule has 0 aliphatic heterocycles. The van der Waals surface area contributed by atoms with Gasteiger partial charge in [0.15, 0.2) is 5.65 Å². The number of nitrogens with one attached hydrogen (secondary N) is 2. The van der Waals surface area contributed by atoms with E-state index in [-0.39, 0.29) is 5.91 Å². The van der Waals surface area contributed by atoms with Crippen molar-refractivity contribution in [1.82, 2.24) is 24.4 Å². The molecule has 1 amide bonds. The van der Waals surface area contributed by atoms with Gasteiger partial charge in [0, 0.05) is 18.9 Å². The lowest BCUT2D eigenvalue weighted by atomic mass is 9.85. The fraction of sp³-hybridized carbons (Fsp3) is 0.520. The van der Waals surface area contributed by atoms with Crippen molar-refractivity contribution in [2.24, 2.45) is 11.8 Å². The van der Waals surface area contributed by atoms with Crippen LogP contribution in [0.3, 0.4) is 0 Å². The molecule has 5 rings (SSSR count). The van der Waals surface area contributed by atoms with Crippen molar-refractivity contribution >= 4 is 28.6 Å². The van der Waals surface area contributed by atoms with E-state index in [4.69, 9.17) is 5.10 Å². The van der Waals surface area contributed by atoms with Gasteiger partial charge in [0.25, 0.3) is 5.91 Å². The Kier molecular flexibility index (Phi) is 5.91. The summed E-state index contributed by atoms with van der Waals surface area (Å²) in [5.41, 5.74) is 3.23. The minimum absolute atomic E-state index is 0.242. The minimum atomic E-state index is -0.242. The normalized spacial score (nSPS) is 20.7. The third-order valence-corrected chi connectivity index (χ3v) is 7.03. The number of hydrogen-bond acceptors (Lipinski definition) is 5. The van der Waals surface area contributed by atoms with Crippen molar-refractivity contribution in [2.75, 3.05) is 17.2 Å². The molecule has 8 heteroatoms. The molecular weight excluding hydrogens is 414 g/mol. The van der Waals surface area contributed by atoms with Crippen molar-refractivity contribution in [1.29, 1.82) is 0 Å². The summed E-state index contributed by atoms with van der Waals surface area (Å²) in [5.74, 6) is 2.09. The van der Waals surface area contributed by atoms with E-state index in [1.54, 1.807) is 10.7 Å². The first-order chi connectivity index (χ1) is 16.0. The largest absolute Gasteiger partial charge is 0.370 e. The first-order valence-corrected chi connectivity index (χ1v) is 12.2. The van der Waals surface area contributed by atoms with Crippen molar-refractivity contribution in [3.05, 3.63) is 42.5 Å². The summed E-state index contributed by atoms with van der Waals surface area (Å²) < 4.78 is 3.66. The van der Waals surface area contributed by atoms with Crippen LogP contribution in [-0.4, -0.2) is 36.8 Å². The summed E-state index contributed by atoms with van der Waals surface area (Å²) >= 11 is 0. The van der Waals surface area contributed by atoms with E-state index < -0.39 is 0 Å². The molecule has 2 saturated carbocycles. The van der Waals surface area contributed by atoms with Crippen LogP contribution in [-0.2, 0) is 0 Å². The number of hydrogen-bond donors (Lipinski definition) is 2. The highest BCUT2D eigenvalue weighted by Gasteiger charge is 2.25. The zero-order chi connectivity index (χ0) is 22.9. The summed E-state index contributed by atoms with van der Waals surface area (Å²) in [7, 11) is 0. The van der Waals surface area contributed by atoms with Crippen molar-refractivity contribution in [2.45, 2.75) is 64.8 Å². The average molecular weight is 448 g/mol. The van der Waals surface area contributed by atoms with E-state index in [9.17, 15) is 4.79 Å². The Hall–Kier alpha value is -3.16. The zero-order valence-electron chi connectivity index (χ0n) is 19.5. The third-order valence-electron chi connectivity index (χ3n) is 7.03. The van der Waals surface area contributed by atoms with Gasteiger partial charge in [0.2, 0.25) is 0 Å². The van der Waals surface area contributed by atoms with Crippen molar-refractivity contribution < 1.29 is 4.79 Å². The fourth-order valence-electron chi connectivity index (χ4n) is 4.69. The molecule has 0 radical (unpaired) electrons. The second kappa shape index (κ2) is 9.00.